The van der Waals surface area contributed by atoms with Crippen LogP contribution in [0.25, 0.3) is 0 Å². The fraction of sp³-hybridized carbons (Fsp3) is 0.588. The lowest BCUT2D eigenvalue weighted by atomic mass is 9.78. The first-order valence-corrected chi connectivity index (χ1v) is 8.54. The first-order valence-electron chi connectivity index (χ1n) is 7.66. The van der Waals surface area contributed by atoms with Gasteiger partial charge in [-0.25, -0.2) is 0 Å². The van der Waals surface area contributed by atoms with Gasteiger partial charge in [-0.1, -0.05) is 37.5 Å². The van der Waals surface area contributed by atoms with Crippen LogP contribution in [0.4, 0.5) is 0 Å². The molecule has 0 bridgehead atoms. The number of aliphatic hydroxyl groups is 1. The Balaban J connectivity index is 1.94. The molecule has 0 unspecified atom stereocenters. The van der Waals surface area contributed by atoms with E-state index in [1.165, 1.54) is 32.1 Å². The topological polar surface area (TPSA) is 37.3 Å². The summed E-state index contributed by atoms with van der Waals surface area (Å²) in [6.45, 7) is 1.77. The van der Waals surface area contributed by atoms with E-state index in [1.807, 2.05) is 36.0 Å². The van der Waals surface area contributed by atoms with Gasteiger partial charge in [0.15, 0.2) is 5.78 Å². The van der Waals surface area contributed by atoms with Crippen LogP contribution in [0.3, 0.4) is 0 Å². The Morgan fingerprint density at radius 3 is 2.60 bits per heavy atom. The number of hydrogen-bond donors (Lipinski definition) is 1. The fourth-order valence-electron chi connectivity index (χ4n) is 3.67. The lowest BCUT2D eigenvalue weighted by molar-refractivity contribution is 0.0660. The molecule has 1 saturated carbocycles. The lowest BCUT2D eigenvalue weighted by Crippen LogP contribution is -2.42. The van der Waals surface area contributed by atoms with Gasteiger partial charge in [0.25, 0.3) is 0 Å². The van der Waals surface area contributed by atoms with E-state index in [0.29, 0.717) is 5.92 Å². The number of carbonyl (C=O) groups excluding carboxylic acids is 1. The minimum absolute atomic E-state index is 0.143. The van der Waals surface area contributed by atoms with E-state index in [-0.39, 0.29) is 17.0 Å². The van der Waals surface area contributed by atoms with Gasteiger partial charge >= 0.3 is 0 Å². The molecule has 0 saturated heterocycles. The van der Waals surface area contributed by atoms with Gasteiger partial charge in [-0.2, -0.15) is 0 Å². The molecule has 3 heteroatoms. The van der Waals surface area contributed by atoms with Gasteiger partial charge in [-0.15, -0.1) is 11.8 Å². The largest absolute Gasteiger partial charge is 0.393 e. The second-order valence-corrected chi connectivity index (χ2v) is 7.33. The Morgan fingerprint density at radius 2 is 1.90 bits per heavy atom. The quantitative estimate of drug-likeness (QED) is 0.897. The van der Waals surface area contributed by atoms with Crippen molar-refractivity contribution >= 4 is 17.5 Å². The summed E-state index contributed by atoms with van der Waals surface area (Å²) in [6.07, 6.45) is 5.70. The Bertz CT molecular complexity index is 492. The summed E-state index contributed by atoms with van der Waals surface area (Å²) in [7, 11) is 0. The maximum atomic E-state index is 12.7. The van der Waals surface area contributed by atoms with Gasteiger partial charge in [-0.05, 0) is 31.7 Å². The average Bonchev–Trinajstić information content (AvgIpc) is 2.47. The molecule has 0 radical (unpaired) electrons. The molecular formula is C17H22O2S. The lowest BCUT2D eigenvalue weighted by Gasteiger charge is -2.39. The molecule has 0 amide bonds. The Labute approximate surface area is 125 Å². The van der Waals surface area contributed by atoms with Crippen LogP contribution in [0, 0.1) is 11.8 Å². The monoisotopic (exact) mass is 290 g/mol. The van der Waals surface area contributed by atoms with Crippen molar-refractivity contribution in [2.75, 3.05) is 0 Å². The molecule has 1 aromatic carbocycles. The highest BCUT2D eigenvalue weighted by Crippen LogP contribution is 2.46. The number of rotatable bonds is 2. The molecule has 108 valence electrons. The first kappa shape index (κ1) is 14.2. The third-order valence-electron chi connectivity index (χ3n) is 4.71. The van der Waals surface area contributed by atoms with E-state index in [0.717, 1.165) is 10.5 Å². The van der Waals surface area contributed by atoms with E-state index >= 15 is 0 Å². The van der Waals surface area contributed by atoms with Crippen molar-refractivity contribution in [1.29, 1.82) is 0 Å². The maximum Gasteiger partial charge on any atom is 0.170 e. The van der Waals surface area contributed by atoms with Crippen LogP contribution in [0.1, 0.15) is 49.4 Å². The van der Waals surface area contributed by atoms with Gasteiger partial charge in [0.05, 0.1) is 12.0 Å². The molecule has 1 fully saturated rings. The number of hydrogen-bond acceptors (Lipinski definition) is 3. The first-order chi connectivity index (χ1) is 9.68. The molecule has 1 aromatic rings. The zero-order chi connectivity index (χ0) is 14.1. The van der Waals surface area contributed by atoms with Crippen LogP contribution >= 0.6 is 11.8 Å². The molecule has 2 aliphatic rings. The normalized spacial score (nSPS) is 29.0. The number of fused-ring (bicyclic) bond motifs is 1. The van der Waals surface area contributed by atoms with E-state index in [9.17, 15) is 9.90 Å². The Morgan fingerprint density at radius 1 is 1.20 bits per heavy atom. The number of ketones is 1. The standard InChI is InChI=1S/C17H22O2S/c1-11(18)15-16(19)13-9-5-6-10-14(13)20-17(15)12-7-3-2-4-8-12/h5-6,9-12,15,17-18H,2-4,7-8H2,1H3/t11-,15-,17-/m1/s1. The predicted octanol–water partition coefficient (Wildman–Crippen LogP) is 3.92. The van der Waals surface area contributed by atoms with Crippen molar-refractivity contribution in [3.63, 3.8) is 0 Å². The zero-order valence-corrected chi connectivity index (χ0v) is 12.7. The number of Topliss-reactive ketones (excluding diaryl/α,β-unsaturated/α-hetero) is 1. The smallest absolute Gasteiger partial charge is 0.170 e. The molecule has 3 rings (SSSR count). The summed E-state index contributed by atoms with van der Waals surface area (Å²) in [4.78, 5) is 13.8. The molecular weight excluding hydrogens is 268 g/mol. The molecule has 0 spiro atoms. The van der Waals surface area contributed by atoms with Gasteiger partial charge in [0, 0.05) is 15.7 Å². The minimum Gasteiger partial charge on any atom is -0.393 e. The van der Waals surface area contributed by atoms with Gasteiger partial charge in [0.1, 0.15) is 0 Å². The molecule has 1 heterocycles. The number of thioether (sulfide) groups is 1. The SMILES string of the molecule is C[C@@H](O)[C@@H]1C(=O)c2ccccc2S[C@@H]1C1CCCCC1. The van der Waals surface area contributed by atoms with Crippen molar-refractivity contribution < 1.29 is 9.90 Å². The minimum atomic E-state index is -0.560. The highest BCUT2D eigenvalue weighted by atomic mass is 32.2. The molecule has 1 N–H and O–H groups in total. The van der Waals surface area contributed by atoms with E-state index < -0.39 is 6.10 Å². The maximum absolute atomic E-state index is 12.7. The van der Waals surface area contributed by atoms with E-state index in [4.69, 9.17) is 0 Å². The van der Waals surface area contributed by atoms with Crippen LogP contribution < -0.4 is 0 Å². The average molecular weight is 290 g/mol. The number of carbonyl (C=O) groups is 1. The molecule has 1 aliphatic carbocycles. The summed E-state index contributed by atoms with van der Waals surface area (Å²) < 4.78 is 0. The van der Waals surface area contributed by atoms with Crippen LogP contribution in [0.15, 0.2) is 29.2 Å². The van der Waals surface area contributed by atoms with Crippen molar-refractivity contribution in [1.82, 2.24) is 0 Å². The number of aliphatic hydroxyl groups excluding tert-OH is 1. The third-order valence-corrected chi connectivity index (χ3v) is 6.27. The van der Waals surface area contributed by atoms with E-state index in [2.05, 4.69) is 0 Å². The van der Waals surface area contributed by atoms with Crippen molar-refractivity contribution in [3.8, 4) is 0 Å². The van der Waals surface area contributed by atoms with Crippen LogP contribution in [0.2, 0.25) is 0 Å². The Kier molecular flexibility index (Phi) is 4.18. The van der Waals surface area contributed by atoms with Gasteiger partial charge in [-0.3, -0.25) is 4.79 Å². The third kappa shape index (κ3) is 2.53. The van der Waals surface area contributed by atoms with Crippen LogP contribution in [-0.2, 0) is 0 Å². The zero-order valence-electron chi connectivity index (χ0n) is 11.9. The second kappa shape index (κ2) is 5.90. The summed E-state index contributed by atoms with van der Waals surface area (Å²) in [5, 5.41) is 10.4. The molecule has 3 atom stereocenters. The predicted molar refractivity (Wildman–Crippen MR) is 82.2 cm³/mol. The van der Waals surface area contributed by atoms with Gasteiger partial charge < -0.3 is 5.11 Å². The van der Waals surface area contributed by atoms with Crippen molar-refractivity contribution in [3.05, 3.63) is 29.8 Å². The van der Waals surface area contributed by atoms with Crippen molar-refractivity contribution in [2.45, 2.75) is 55.3 Å². The molecule has 1 aliphatic heterocycles. The highest BCUT2D eigenvalue weighted by molar-refractivity contribution is 8.00. The number of benzene rings is 1. The summed E-state index contributed by atoms with van der Waals surface area (Å²) in [5.41, 5.74) is 0.801. The van der Waals surface area contributed by atoms with Gasteiger partial charge in [0.2, 0.25) is 0 Å². The molecule has 2 nitrogen and oxygen atoms in total. The van der Waals surface area contributed by atoms with Crippen LogP contribution in [0.5, 0.6) is 0 Å². The summed E-state index contributed by atoms with van der Waals surface area (Å²) in [6, 6.07) is 7.86. The Hall–Kier alpha value is -0.800. The van der Waals surface area contributed by atoms with E-state index in [1.54, 1.807) is 6.92 Å². The summed E-state index contributed by atoms with van der Waals surface area (Å²) in [5.74, 6) is 0.480. The van der Waals surface area contributed by atoms with Crippen molar-refractivity contribution in [2.24, 2.45) is 11.8 Å². The second-order valence-electron chi connectivity index (χ2n) is 6.11. The highest BCUT2D eigenvalue weighted by Gasteiger charge is 2.42. The van der Waals surface area contributed by atoms with Crippen LogP contribution in [-0.4, -0.2) is 22.2 Å². The summed E-state index contributed by atoms with van der Waals surface area (Å²) >= 11 is 1.82. The molecule has 0 aromatic heterocycles. The molecule has 20 heavy (non-hydrogen) atoms. The fourth-order valence-corrected chi connectivity index (χ4v) is 5.38.